The van der Waals surface area contributed by atoms with Crippen molar-refractivity contribution >= 4 is 6.09 Å². The molecule has 1 aliphatic rings. The molecule has 0 saturated carbocycles. The Morgan fingerprint density at radius 1 is 1.56 bits per heavy atom. The predicted molar refractivity (Wildman–Crippen MR) is 67.1 cm³/mol. The number of carbonyl (C=O) groups is 1. The van der Waals surface area contributed by atoms with Crippen molar-refractivity contribution in [2.24, 2.45) is 5.73 Å². The molecular weight excluding hydrogens is 232 g/mol. The zero-order valence-corrected chi connectivity index (χ0v) is 10.4. The Morgan fingerprint density at radius 2 is 2.33 bits per heavy atom. The molecule has 1 aromatic rings. The van der Waals surface area contributed by atoms with Crippen molar-refractivity contribution in [3.8, 4) is 5.75 Å². The second kappa shape index (κ2) is 4.86. The Labute approximate surface area is 106 Å². The second-order valence-corrected chi connectivity index (χ2v) is 4.85. The van der Waals surface area contributed by atoms with E-state index in [-0.39, 0.29) is 17.4 Å². The summed E-state index contributed by atoms with van der Waals surface area (Å²) in [5.74, 6) is 0.195. The van der Waals surface area contributed by atoms with Crippen molar-refractivity contribution in [1.82, 2.24) is 4.90 Å². The number of carbonyl (C=O) groups excluding carboxylic acids is 1. The maximum atomic E-state index is 11.8. The molecule has 1 heterocycles. The fraction of sp³-hybridized carbons (Fsp3) is 0.462. The van der Waals surface area contributed by atoms with Gasteiger partial charge >= 0.3 is 6.09 Å². The average molecular weight is 250 g/mol. The Kier molecular flexibility index (Phi) is 3.43. The van der Waals surface area contributed by atoms with Gasteiger partial charge in [0.2, 0.25) is 0 Å². The third-order valence-electron chi connectivity index (χ3n) is 3.31. The molecule has 98 valence electrons. The van der Waals surface area contributed by atoms with Gasteiger partial charge in [0.15, 0.2) is 0 Å². The molecule has 3 N–H and O–H groups in total. The van der Waals surface area contributed by atoms with Crippen molar-refractivity contribution in [2.75, 3.05) is 13.2 Å². The van der Waals surface area contributed by atoms with E-state index >= 15 is 0 Å². The lowest BCUT2D eigenvalue weighted by Gasteiger charge is -2.31. The van der Waals surface area contributed by atoms with E-state index in [0.29, 0.717) is 26.1 Å². The molecule has 1 aliphatic heterocycles. The lowest BCUT2D eigenvalue weighted by molar-refractivity contribution is 0.148. The summed E-state index contributed by atoms with van der Waals surface area (Å²) in [4.78, 5) is 13.4. The Hall–Kier alpha value is -1.75. The summed E-state index contributed by atoms with van der Waals surface area (Å²) in [6, 6.07) is 6.87. The molecule has 5 nitrogen and oxygen atoms in total. The van der Waals surface area contributed by atoms with Crippen molar-refractivity contribution in [1.29, 1.82) is 0 Å². The Balaban J connectivity index is 2.17. The third-order valence-corrected chi connectivity index (χ3v) is 3.31. The van der Waals surface area contributed by atoms with E-state index in [1.54, 1.807) is 23.1 Å². The summed E-state index contributed by atoms with van der Waals surface area (Å²) in [6.07, 6.45) is 0.367. The van der Waals surface area contributed by atoms with E-state index < -0.39 is 0 Å². The quantitative estimate of drug-likeness (QED) is 0.848. The van der Waals surface area contributed by atoms with E-state index in [1.165, 1.54) is 0 Å². The fourth-order valence-electron chi connectivity index (χ4n) is 2.20. The highest BCUT2D eigenvalue weighted by molar-refractivity contribution is 5.71. The van der Waals surface area contributed by atoms with Gasteiger partial charge in [-0.25, -0.2) is 4.79 Å². The summed E-state index contributed by atoms with van der Waals surface area (Å²) in [6.45, 7) is 3.25. The second-order valence-electron chi connectivity index (χ2n) is 4.85. The SMILES string of the molecule is CC1(CCN)COC(=O)N1Cc1cccc(O)c1. The number of phenolic OH excluding ortho intramolecular Hbond substituents is 1. The van der Waals surface area contributed by atoms with Gasteiger partial charge in [-0.2, -0.15) is 0 Å². The van der Waals surface area contributed by atoms with E-state index in [4.69, 9.17) is 10.5 Å². The number of hydrogen-bond acceptors (Lipinski definition) is 4. The number of benzene rings is 1. The molecule has 18 heavy (non-hydrogen) atoms. The highest BCUT2D eigenvalue weighted by Gasteiger charge is 2.42. The molecule has 0 spiro atoms. The first-order valence-electron chi connectivity index (χ1n) is 5.97. The lowest BCUT2D eigenvalue weighted by Crippen LogP contribution is -2.45. The Bertz CT molecular complexity index is 450. The van der Waals surface area contributed by atoms with Gasteiger partial charge in [-0.05, 0) is 37.6 Å². The molecule has 1 fully saturated rings. The zero-order chi connectivity index (χ0) is 13.2. The predicted octanol–water partition coefficient (Wildman–Crippen LogP) is 1.45. The molecule has 5 heteroatoms. The maximum Gasteiger partial charge on any atom is 0.410 e. The smallest absolute Gasteiger partial charge is 0.410 e. The average Bonchev–Trinajstić information content (AvgIpc) is 2.58. The first kappa shape index (κ1) is 12.7. The molecule has 0 radical (unpaired) electrons. The van der Waals surface area contributed by atoms with Gasteiger partial charge in [-0.1, -0.05) is 12.1 Å². The van der Waals surface area contributed by atoms with Crippen LogP contribution in [-0.2, 0) is 11.3 Å². The van der Waals surface area contributed by atoms with Gasteiger partial charge in [0.25, 0.3) is 0 Å². The number of nitrogens with zero attached hydrogens (tertiary/aromatic N) is 1. The molecule has 1 amide bonds. The van der Waals surface area contributed by atoms with E-state index in [0.717, 1.165) is 5.56 Å². The molecule has 1 unspecified atom stereocenters. The highest BCUT2D eigenvalue weighted by atomic mass is 16.6. The van der Waals surface area contributed by atoms with Crippen LogP contribution in [-0.4, -0.2) is 34.8 Å². The van der Waals surface area contributed by atoms with Crippen LogP contribution in [0.3, 0.4) is 0 Å². The molecule has 1 atom stereocenters. The van der Waals surface area contributed by atoms with E-state index in [1.807, 2.05) is 13.0 Å². The minimum atomic E-state index is -0.364. The van der Waals surface area contributed by atoms with Crippen molar-refractivity contribution < 1.29 is 14.6 Å². The van der Waals surface area contributed by atoms with Crippen molar-refractivity contribution in [3.63, 3.8) is 0 Å². The third kappa shape index (κ3) is 2.41. The lowest BCUT2D eigenvalue weighted by atomic mass is 9.97. The van der Waals surface area contributed by atoms with Gasteiger partial charge in [0.05, 0.1) is 5.54 Å². The topological polar surface area (TPSA) is 75.8 Å². The number of phenols is 1. The minimum absolute atomic E-state index is 0.195. The summed E-state index contributed by atoms with van der Waals surface area (Å²) in [7, 11) is 0. The molecule has 1 aromatic carbocycles. The van der Waals surface area contributed by atoms with Crippen LogP contribution in [0, 0.1) is 0 Å². The summed E-state index contributed by atoms with van der Waals surface area (Å²) in [5.41, 5.74) is 6.09. The summed E-state index contributed by atoms with van der Waals surface area (Å²) >= 11 is 0. The monoisotopic (exact) mass is 250 g/mol. The fourth-order valence-corrected chi connectivity index (χ4v) is 2.20. The van der Waals surface area contributed by atoms with Crippen molar-refractivity contribution in [3.05, 3.63) is 29.8 Å². The summed E-state index contributed by atoms with van der Waals surface area (Å²) < 4.78 is 5.11. The number of nitrogens with two attached hydrogens (primary N) is 1. The van der Waals surface area contributed by atoms with Crippen LogP contribution in [0.15, 0.2) is 24.3 Å². The van der Waals surface area contributed by atoms with E-state index in [9.17, 15) is 9.90 Å². The molecule has 0 aliphatic carbocycles. The molecule has 2 rings (SSSR count). The molecule has 1 saturated heterocycles. The van der Waals surface area contributed by atoms with Crippen LogP contribution in [0.2, 0.25) is 0 Å². The van der Waals surface area contributed by atoms with Gasteiger partial charge < -0.3 is 15.6 Å². The number of aromatic hydroxyl groups is 1. The first-order chi connectivity index (χ1) is 8.55. The van der Waals surface area contributed by atoms with Crippen molar-refractivity contribution in [2.45, 2.75) is 25.4 Å². The normalized spacial score (nSPS) is 23.2. The Morgan fingerprint density at radius 3 is 3.00 bits per heavy atom. The van der Waals surface area contributed by atoms with Crippen LogP contribution in [0.5, 0.6) is 5.75 Å². The number of ether oxygens (including phenoxy) is 1. The molecular formula is C13H18N2O3. The number of hydrogen-bond donors (Lipinski definition) is 2. The van der Waals surface area contributed by atoms with Gasteiger partial charge in [-0.3, -0.25) is 4.90 Å². The molecule has 0 bridgehead atoms. The zero-order valence-electron chi connectivity index (χ0n) is 10.4. The number of cyclic esters (lactones) is 1. The first-order valence-corrected chi connectivity index (χ1v) is 5.97. The number of amides is 1. The highest BCUT2D eigenvalue weighted by Crippen LogP contribution is 2.29. The summed E-state index contributed by atoms with van der Waals surface area (Å²) in [5, 5.41) is 9.43. The van der Waals surface area contributed by atoms with Gasteiger partial charge in [0.1, 0.15) is 12.4 Å². The largest absolute Gasteiger partial charge is 0.508 e. The van der Waals surface area contributed by atoms with Gasteiger partial charge in [0, 0.05) is 6.54 Å². The van der Waals surface area contributed by atoms with Crippen LogP contribution in [0.1, 0.15) is 18.9 Å². The van der Waals surface area contributed by atoms with Crippen LogP contribution >= 0.6 is 0 Å². The van der Waals surface area contributed by atoms with Gasteiger partial charge in [-0.15, -0.1) is 0 Å². The maximum absolute atomic E-state index is 11.8. The minimum Gasteiger partial charge on any atom is -0.508 e. The van der Waals surface area contributed by atoms with Crippen LogP contribution in [0.25, 0.3) is 0 Å². The van der Waals surface area contributed by atoms with Crippen LogP contribution in [0.4, 0.5) is 4.79 Å². The van der Waals surface area contributed by atoms with Crippen LogP contribution < -0.4 is 5.73 Å². The number of rotatable bonds is 4. The van der Waals surface area contributed by atoms with E-state index in [2.05, 4.69) is 0 Å². The standard InChI is InChI=1S/C13H18N2O3/c1-13(5-6-14)9-18-12(17)15(13)8-10-3-2-4-11(16)7-10/h2-4,7,16H,5-6,8-9,14H2,1H3. The molecule has 0 aromatic heterocycles.